The fraction of sp³-hybridized carbons (Fsp3) is 0. The van der Waals surface area contributed by atoms with E-state index in [-0.39, 0.29) is 86.0 Å². The average molecular weight is 253 g/mol. The van der Waals surface area contributed by atoms with Crippen LogP contribution in [0.1, 0.15) is 0 Å². The summed E-state index contributed by atoms with van der Waals surface area (Å²) in [7, 11) is 0. The monoisotopic (exact) mass is 254 g/mol. The quantitative estimate of drug-likeness (QED) is 0.451. The Bertz CT molecular complexity index is 10.4. The maximum Gasteiger partial charge on any atom is 4.00 e. The van der Waals surface area contributed by atoms with E-state index in [1.165, 1.54) is 0 Å². The van der Waals surface area contributed by atoms with Crippen LogP contribution in [0.15, 0.2) is 0 Å². The first-order chi connectivity index (χ1) is 0. The minimum absolute atomic E-state index is 0. The summed E-state index contributed by atoms with van der Waals surface area (Å²) >= 11 is 0. The molecular formula is Al2O5Sn. The SMILES string of the molecule is [Al+3].[Al+3].[O-2].[O-2].[O-2].[O-2].[O-2].[Sn+4]. The molecule has 0 aromatic carbocycles. The molecule has 0 unspecified atom stereocenters. The zero-order valence-corrected chi connectivity index (χ0v) is 8.86. The van der Waals surface area contributed by atoms with Gasteiger partial charge in [0.15, 0.2) is 0 Å². The molecule has 0 saturated heterocycles. The smallest absolute Gasteiger partial charge is 2.00 e. The molecule has 0 aromatic heterocycles. The average Bonchev–Trinajstić information content (AvgIpc) is 0. The maximum atomic E-state index is 0. The van der Waals surface area contributed by atoms with Gasteiger partial charge in [-0.15, -0.1) is 0 Å². The molecule has 40 valence electrons. The Hall–Kier alpha value is 1.66. The third-order valence-corrected chi connectivity index (χ3v) is 0. The number of rotatable bonds is 0. The molecule has 0 amide bonds. The Morgan fingerprint density at radius 3 is 0.375 bits per heavy atom. The second-order valence-corrected chi connectivity index (χ2v) is 0. The molecule has 0 saturated carbocycles. The van der Waals surface area contributed by atoms with Gasteiger partial charge in [-0.2, -0.15) is 0 Å². The van der Waals surface area contributed by atoms with Crippen LogP contribution in [-0.4, -0.2) is 58.6 Å². The van der Waals surface area contributed by atoms with Gasteiger partial charge < -0.3 is 27.4 Å². The molecule has 0 rings (SSSR count). The number of hydrogen-bond acceptors (Lipinski definition) is 0. The van der Waals surface area contributed by atoms with Gasteiger partial charge in [0.25, 0.3) is 0 Å². The summed E-state index contributed by atoms with van der Waals surface area (Å²) < 4.78 is 0. The molecule has 0 aliphatic heterocycles. The molecule has 0 fully saturated rings. The number of hydrogen-bond donors (Lipinski definition) is 0. The summed E-state index contributed by atoms with van der Waals surface area (Å²) in [6, 6.07) is 0. The largest absolute Gasteiger partial charge is 4.00 e. The van der Waals surface area contributed by atoms with Gasteiger partial charge in [0.1, 0.15) is 0 Å². The van der Waals surface area contributed by atoms with E-state index < -0.39 is 0 Å². The fourth-order valence-electron chi connectivity index (χ4n) is 0. The summed E-state index contributed by atoms with van der Waals surface area (Å²) in [4.78, 5) is 0. The first kappa shape index (κ1) is 262. The molecule has 5 nitrogen and oxygen atoms in total. The van der Waals surface area contributed by atoms with E-state index >= 15 is 0 Å². The van der Waals surface area contributed by atoms with Crippen LogP contribution in [0.4, 0.5) is 0 Å². The van der Waals surface area contributed by atoms with E-state index in [9.17, 15) is 0 Å². The second kappa shape index (κ2) is 184. The van der Waals surface area contributed by atoms with Crippen molar-refractivity contribution in [2.75, 3.05) is 0 Å². The van der Waals surface area contributed by atoms with Crippen molar-refractivity contribution < 1.29 is 27.4 Å². The molecule has 0 bridgehead atoms. The molecule has 0 atom stereocenters. The molecule has 0 spiro atoms. The minimum Gasteiger partial charge on any atom is -2.00 e. The normalized spacial score (nSPS) is 0. The van der Waals surface area contributed by atoms with Gasteiger partial charge in [-0.1, -0.05) is 0 Å². The van der Waals surface area contributed by atoms with Crippen molar-refractivity contribution >= 4 is 58.6 Å². The first-order valence-corrected chi connectivity index (χ1v) is 0. The second-order valence-electron chi connectivity index (χ2n) is 0. The summed E-state index contributed by atoms with van der Waals surface area (Å²) in [5, 5.41) is 0. The van der Waals surface area contributed by atoms with Crippen molar-refractivity contribution in [3.8, 4) is 0 Å². The first-order valence-electron chi connectivity index (χ1n) is 0. The maximum absolute atomic E-state index is 0. The van der Waals surface area contributed by atoms with Crippen LogP contribution in [0, 0.1) is 0 Å². The van der Waals surface area contributed by atoms with Crippen LogP contribution in [-0.2, 0) is 27.4 Å². The van der Waals surface area contributed by atoms with Crippen molar-refractivity contribution in [1.29, 1.82) is 0 Å². The van der Waals surface area contributed by atoms with Gasteiger partial charge in [0, 0.05) is 0 Å². The van der Waals surface area contributed by atoms with Crippen LogP contribution in [0.25, 0.3) is 0 Å². The molecule has 0 aromatic rings. The van der Waals surface area contributed by atoms with E-state index in [4.69, 9.17) is 0 Å². The Kier molecular flexibility index (Phi) is 6020. The Labute approximate surface area is 85.6 Å². The zero-order chi connectivity index (χ0) is 0. The molecule has 8 heteroatoms. The van der Waals surface area contributed by atoms with E-state index in [0.29, 0.717) is 0 Å². The minimum atomic E-state index is 0. The molecular weight excluding hydrogens is 253 g/mol. The van der Waals surface area contributed by atoms with E-state index in [2.05, 4.69) is 0 Å². The predicted molar refractivity (Wildman–Crippen MR) is 20.7 cm³/mol. The standard InChI is InChI=1S/2Al.5O.Sn/q2*+3;5*-2;+4. The third-order valence-electron chi connectivity index (χ3n) is 0. The summed E-state index contributed by atoms with van der Waals surface area (Å²) in [6.07, 6.45) is 0. The topological polar surface area (TPSA) is 142 Å². The Morgan fingerprint density at radius 2 is 0.375 bits per heavy atom. The van der Waals surface area contributed by atoms with Crippen LogP contribution < -0.4 is 0 Å². The summed E-state index contributed by atoms with van der Waals surface area (Å²) in [5.41, 5.74) is 0. The summed E-state index contributed by atoms with van der Waals surface area (Å²) in [6.45, 7) is 0. The molecule has 0 heterocycles. The van der Waals surface area contributed by atoms with Crippen molar-refractivity contribution in [1.82, 2.24) is 0 Å². The zero-order valence-electron chi connectivity index (χ0n) is 3.70. The van der Waals surface area contributed by atoms with Crippen LogP contribution in [0.2, 0.25) is 0 Å². The van der Waals surface area contributed by atoms with Crippen molar-refractivity contribution in [2.45, 2.75) is 0 Å². The van der Waals surface area contributed by atoms with Gasteiger partial charge in [-0.25, -0.2) is 0 Å². The fourth-order valence-corrected chi connectivity index (χ4v) is 0. The molecule has 8 heavy (non-hydrogen) atoms. The van der Waals surface area contributed by atoms with Crippen LogP contribution >= 0.6 is 0 Å². The van der Waals surface area contributed by atoms with Gasteiger partial charge in [-0.05, 0) is 0 Å². The van der Waals surface area contributed by atoms with E-state index in [1.807, 2.05) is 0 Å². The van der Waals surface area contributed by atoms with Gasteiger partial charge in [0.05, 0.1) is 0 Å². The van der Waals surface area contributed by atoms with Crippen LogP contribution in [0.3, 0.4) is 0 Å². The predicted octanol–water partition coefficient (Wildman–Crippen LogP) is -1.74. The van der Waals surface area contributed by atoms with Gasteiger partial charge in [0.2, 0.25) is 0 Å². The Balaban J connectivity index is 0. The molecule has 0 aliphatic rings. The molecule has 0 aliphatic carbocycles. The van der Waals surface area contributed by atoms with Gasteiger partial charge >= 0.3 is 58.6 Å². The van der Waals surface area contributed by atoms with Crippen molar-refractivity contribution in [3.05, 3.63) is 0 Å². The third kappa shape index (κ3) is 123. The molecule has 0 N–H and O–H groups in total. The van der Waals surface area contributed by atoms with E-state index in [0.717, 1.165) is 0 Å². The Morgan fingerprint density at radius 1 is 0.375 bits per heavy atom. The van der Waals surface area contributed by atoms with Crippen molar-refractivity contribution in [3.63, 3.8) is 0 Å². The van der Waals surface area contributed by atoms with Gasteiger partial charge in [-0.3, -0.25) is 0 Å². The van der Waals surface area contributed by atoms with E-state index in [1.54, 1.807) is 0 Å². The van der Waals surface area contributed by atoms with Crippen molar-refractivity contribution in [2.24, 2.45) is 0 Å². The van der Waals surface area contributed by atoms with Crippen LogP contribution in [0.5, 0.6) is 0 Å². The molecule has 0 radical (unpaired) electrons. The summed E-state index contributed by atoms with van der Waals surface area (Å²) in [5.74, 6) is 0.